The van der Waals surface area contributed by atoms with Crippen molar-refractivity contribution in [2.75, 3.05) is 5.32 Å². The fraction of sp³-hybridized carbons (Fsp3) is 0.0526. The maximum Gasteiger partial charge on any atom is 0.327 e. The summed E-state index contributed by atoms with van der Waals surface area (Å²) in [5, 5.41) is 4.95. The van der Waals surface area contributed by atoms with Crippen LogP contribution < -0.4 is 21.5 Å². The highest BCUT2D eigenvalue weighted by Crippen LogP contribution is 2.11. The summed E-state index contributed by atoms with van der Waals surface area (Å²) in [6.45, 7) is 0.0401. The van der Waals surface area contributed by atoms with Gasteiger partial charge in [0.05, 0.1) is 19.1 Å². The zero-order valence-corrected chi connectivity index (χ0v) is 14.9. The first-order valence-electron chi connectivity index (χ1n) is 8.39. The number of hydrazine groups is 1. The molecule has 0 aliphatic heterocycles. The summed E-state index contributed by atoms with van der Waals surface area (Å²) in [6.07, 6.45) is 2.82. The van der Waals surface area contributed by atoms with Crippen LogP contribution in [0.4, 0.5) is 5.69 Å². The van der Waals surface area contributed by atoms with E-state index >= 15 is 0 Å². The van der Waals surface area contributed by atoms with Crippen molar-refractivity contribution in [3.8, 4) is 0 Å². The Bertz CT molecular complexity index is 994. The Labute approximate surface area is 164 Å². The van der Waals surface area contributed by atoms with Crippen LogP contribution >= 0.6 is 0 Å². The van der Waals surface area contributed by atoms with E-state index in [9.17, 15) is 19.2 Å². The SMILES string of the molecule is O=C(NCc1ccco1)C(=O)NNC(=O)c1ccc(NC(=O)c2ccco2)cc1. The van der Waals surface area contributed by atoms with Gasteiger partial charge in [-0.1, -0.05) is 0 Å². The number of benzene rings is 1. The van der Waals surface area contributed by atoms with Crippen LogP contribution in [-0.4, -0.2) is 23.6 Å². The van der Waals surface area contributed by atoms with Crippen molar-refractivity contribution in [1.82, 2.24) is 16.2 Å². The van der Waals surface area contributed by atoms with E-state index < -0.39 is 23.6 Å². The lowest BCUT2D eigenvalue weighted by molar-refractivity contribution is -0.139. The molecule has 0 bridgehead atoms. The van der Waals surface area contributed by atoms with Gasteiger partial charge in [0.1, 0.15) is 5.76 Å². The van der Waals surface area contributed by atoms with Crippen LogP contribution in [0.15, 0.2) is 69.9 Å². The first-order valence-corrected chi connectivity index (χ1v) is 8.39. The Kier molecular flexibility index (Phi) is 6.05. The topological polar surface area (TPSA) is 143 Å². The molecule has 4 N–H and O–H groups in total. The maximum atomic E-state index is 12.1. The summed E-state index contributed by atoms with van der Waals surface area (Å²) in [6, 6.07) is 12.3. The number of rotatable bonds is 5. The van der Waals surface area contributed by atoms with E-state index in [1.165, 1.54) is 42.9 Å². The van der Waals surface area contributed by atoms with E-state index in [-0.39, 0.29) is 17.9 Å². The van der Waals surface area contributed by atoms with Crippen molar-refractivity contribution in [3.05, 3.63) is 78.1 Å². The molecule has 0 saturated carbocycles. The molecule has 2 heterocycles. The van der Waals surface area contributed by atoms with Gasteiger partial charge >= 0.3 is 11.8 Å². The van der Waals surface area contributed by atoms with Crippen molar-refractivity contribution in [2.45, 2.75) is 6.54 Å². The van der Waals surface area contributed by atoms with Crippen LogP contribution in [0.3, 0.4) is 0 Å². The number of carbonyl (C=O) groups excluding carboxylic acids is 4. The molecule has 0 fully saturated rings. The van der Waals surface area contributed by atoms with E-state index in [2.05, 4.69) is 16.1 Å². The lowest BCUT2D eigenvalue weighted by Gasteiger charge is -2.08. The molecular formula is C19H16N4O6. The van der Waals surface area contributed by atoms with Crippen LogP contribution in [0.5, 0.6) is 0 Å². The second kappa shape index (κ2) is 9.04. The summed E-state index contributed by atoms with van der Waals surface area (Å²) in [5.74, 6) is -2.40. The summed E-state index contributed by atoms with van der Waals surface area (Å²) >= 11 is 0. The second-order valence-electron chi connectivity index (χ2n) is 5.68. The van der Waals surface area contributed by atoms with Crippen molar-refractivity contribution in [3.63, 3.8) is 0 Å². The monoisotopic (exact) mass is 396 g/mol. The highest BCUT2D eigenvalue weighted by atomic mass is 16.3. The Morgan fingerprint density at radius 3 is 2.14 bits per heavy atom. The highest BCUT2D eigenvalue weighted by Gasteiger charge is 2.15. The summed E-state index contributed by atoms with van der Waals surface area (Å²) in [5.41, 5.74) is 4.80. The van der Waals surface area contributed by atoms with Crippen LogP contribution in [0.25, 0.3) is 0 Å². The predicted molar refractivity (Wildman–Crippen MR) is 99.3 cm³/mol. The van der Waals surface area contributed by atoms with Gasteiger partial charge in [-0.3, -0.25) is 30.0 Å². The molecular weight excluding hydrogens is 380 g/mol. The smallest absolute Gasteiger partial charge is 0.327 e. The van der Waals surface area contributed by atoms with E-state index in [4.69, 9.17) is 8.83 Å². The van der Waals surface area contributed by atoms with Crippen LogP contribution in [0, 0.1) is 0 Å². The van der Waals surface area contributed by atoms with Gasteiger partial charge in [-0.05, 0) is 48.5 Å². The number of furan rings is 2. The quantitative estimate of drug-likeness (QED) is 0.377. The molecule has 0 aliphatic carbocycles. The molecule has 0 spiro atoms. The van der Waals surface area contributed by atoms with E-state index in [1.54, 1.807) is 18.2 Å². The standard InChI is InChI=1S/C19H16N4O6/c24-16(22-23-19(27)18(26)20-11-14-3-1-9-28-14)12-5-7-13(8-6-12)21-17(25)15-4-2-10-29-15/h1-10H,11H2,(H,20,26)(H,21,25)(H,22,24)(H,23,27). The molecule has 4 amide bonds. The summed E-state index contributed by atoms with van der Waals surface area (Å²) in [4.78, 5) is 47.3. The Morgan fingerprint density at radius 1 is 0.759 bits per heavy atom. The number of carbonyl (C=O) groups is 4. The van der Waals surface area contributed by atoms with E-state index in [0.29, 0.717) is 11.4 Å². The summed E-state index contributed by atoms with van der Waals surface area (Å²) < 4.78 is 10.0. The van der Waals surface area contributed by atoms with Gasteiger partial charge < -0.3 is 19.5 Å². The van der Waals surface area contributed by atoms with Crippen molar-refractivity contribution in [1.29, 1.82) is 0 Å². The van der Waals surface area contributed by atoms with Gasteiger partial charge in [-0.2, -0.15) is 0 Å². The minimum absolute atomic E-state index is 0.0401. The van der Waals surface area contributed by atoms with E-state index in [1.807, 2.05) is 5.43 Å². The largest absolute Gasteiger partial charge is 0.467 e. The lowest BCUT2D eigenvalue weighted by atomic mass is 10.2. The van der Waals surface area contributed by atoms with Gasteiger partial charge in [0, 0.05) is 11.3 Å². The number of hydrogen-bond acceptors (Lipinski definition) is 6. The van der Waals surface area contributed by atoms with Crippen molar-refractivity contribution in [2.24, 2.45) is 0 Å². The van der Waals surface area contributed by atoms with Crippen LogP contribution in [0.1, 0.15) is 26.7 Å². The van der Waals surface area contributed by atoms with Gasteiger partial charge in [0.2, 0.25) is 0 Å². The maximum absolute atomic E-state index is 12.1. The average Bonchev–Trinajstić information content (AvgIpc) is 3.44. The molecule has 3 rings (SSSR count). The third-order valence-electron chi connectivity index (χ3n) is 3.65. The fourth-order valence-electron chi connectivity index (χ4n) is 2.21. The fourth-order valence-corrected chi connectivity index (χ4v) is 2.21. The Morgan fingerprint density at radius 2 is 1.48 bits per heavy atom. The zero-order chi connectivity index (χ0) is 20.6. The van der Waals surface area contributed by atoms with Crippen molar-refractivity contribution >= 4 is 29.3 Å². The lowest BCUT2D eigenvalue weighted by Crippen LogP contribution is -2.48. The average molecular weight is 396 g/mol. The third-order valence-corrected chi connectivity index (χ3v) is 3.65. The first kappa shape index (κ1) is 19.4. The van der Waals surface area contributed by atoms with Crippen LogP contribution in [0.2, 0.25) is 0 Å². The Hall–Kier alpha value is -4.34. The molecule has 3 aromatic rings. The molecule has 0 radical (unpaired) electrons. The normalized spacial score (nSPS) is 10.1. The Balaban J connectivity index is 1.45. The van der Waals surface area contributed by atoms with Crippen LogP contribution in [-0.2, 0) is 16.1 Å². The molecule has 10 heteroatoms. The predicted octanol–water partition coefficient (Wildman–Crippen LogP) is 1.20. The third kappa shape index (κ3) is 5.32. The number of hydrogen-bond donors (Lipinski definition) is 4. The molecule has 0 atom stereocenters. The van der Waals surface area contributed by atoms with Gasteiger partial charge in [0.25, 0.3) is 11.8 Å². The molecule has 2 aromatic heterocycles. The van der Waals surface area contributed by atoms with Crippen molar-refractivity contribution < 1.29 is 28.0 Å². The van der Waals surface area contributed by atoms with Gasteiger partial charge in [-0.15, -0.1) is 0 Å². The van der Waals surface area contributed by atoms with Gasteiger partial charge in [-0.25, -0.2) is 0 Å². The van der Waals surface area contributed by atoms with E-state index in [0.717, 1.165) is 0 Å². The second-order valence-corrected chi connectivity index (χ2v) is 5.68. The number of nitrogens with one attached hydrogen (secondary N) is 4. The molecule has 29 heavy (non-hydrogen) atoms. The minimum Gasteiger partial charge on any atom is -0.467 e. The summed E-state index contributed by atoms with van der Waals surface area (Å²) in [7, 11) is 0. The number of amides is 4. The molecule has 0 unspecified atom stereocenters. The zero-order valence-electron chi connectivity index (χ0n) is 14.9. The molecule has 0 aliphatic rings. The molecule has 0 saturated heterocycles. The molecule has 1 aromatic carbocycles. The van der Waals surface area contributed by atoms with Gasteiger partial charge in [0.15, 0.2) is 5.76 Å². The minimum atomic E-state index is -1.03. The molecule has 10 nitrogen and oxygen atoms in total. The first-order chi connectivity index (χ1) is 14.0. The molecule has 148 valence electrons. The number of anilines is 1. The highest BCUT2D eigenvalue weighted by molar-refractivity contribution is 6.35.